The number of benzene rings is 3. The van der Waals surface area contributed by atoms with Crippen molar-refractivity contribution in [3.05, 3.63) is 94.8 Å². The summed E-state index contributed by atoms with van der Waals surface area (Å²) < 4.78 is 62.3. The van der Waals surface area contributed by atoms with Gasteiger partial charge in [-0.25, -0.2) is 9.82 Å². The number of methoxy groups -OCH3 is 1. The summed E-state index contributed by atoms with van der Waals surface area (Å²) in [6.07, 6.45) is -3.23. The van der Waals surface area contributed by atoms with E-state index in [1.54, 1.807) is 30.3 Å². The van der Waals surface area contributed by atoms with Gasteiger partial charge in [-0.05, 0) is 59.7 Å². The van der Waals surface area contributed by atoms with Crippen LogP contribution in [-0.4, -0.2) is 19.2 Å². The van der Waals surface area contributed by atoms with E-state index in [9.17, 15) is 22.4 Å². The lowest BCUT2D eigenvalue weighted by molar-refractivity contribution is -0.137. The molecular weight excluding hydrogens is 428 g/mol. The first-order valence-corrected chi connectivity index (χ1v) is 9.32. The molecule has 0 spiro atoms. The summed E-state index contributed by atoms with van der Waals surface area (Å²) in [6, 6.07) is 14.8. The lowest BCUT2D eigenvalue weighted by Crippen LogP contribution is -2.18. The van der Waals surface area contributed by atoms with Crippen LogP contribution >= 0.6 is 0 Å². The van der Waals surface area contributed by atoms with E-state index in [4.69, 9.17) is 9.47 Å². The molecule has 3 aromatic carbocycles. The number of alkyl halides is 3. The normalized spacial score (nSPS) is 11.4. The minimum atomic E-state index is -4.55. The molecule has 3 aromatic rings. The van der Waals surface area contributed by atoms with Crippen molar-refractivity contribution in [2.45, 2.75) is 12.8 Å². The summed E-state index contributed by atoms with van der Waals surface area (Å²) in [5.74, 6) is -0.268. The summed E-state index contributed by atoms with van der Waals surface area (Å²) in [5, 5.41) is 3.78. The van der Waals surface area contributed by atoms with E-state index in [0.29, 0.717) is 17.1 Å². The van der Waals surface area contributed by atoms with Gasteiger partial charge in [0, 0.05) is 5.56 Å². The van der Waals surface area contributed by atoms with Crippen molar-refractivity contribution in [1.82, 2.24) is 5.43 Å². The Labute approximate surface area is 181 Å². The molecule has 166 valence electrons. The summed E-state index contributed by atoms with van der Waals surface area (Å²) in [5.41, 5.74) is 2.43. The molecule has 0 aliphatic heterocycles. The lowest BCUT2D eigenvalue weighted by Gasteiger charge is -2.11. The number of rotatable bonds is 7. The topological polar surface area (TPSA) is 59.9 Å². The van der Waals surface area contributed by atoms with Gasteiger partial charge in [0.05, 0.1) is 18.9 Å². The molecule has 0 aliphatic carbocycles. The smallest absolute Gasteiger partial charge is 0.416 e. The Morgan fingerprint density at radius 3 is 2.47 bits per heavy atom. The molecule has 0 aromatic heterocycles. The van der Waals surface area contributed by atoms with Crippen LogP contribution in [-0.2, 0) is 12.8 Å². The first kappa shape index (κ1) is 22.8. The van der Waals surface area contributed by atoms with E-state index in [0.717, 1.165) is 23.8 Å². The van der Waals surface area contributed by atoms with Crippen LogP contribution in [0.3, 0.4) is 0 Å². The number of ether oxygens (including phenoxy) is 2. The maximum Gasteiger partial charge on any atom is 0.416 e. The molecule has 9 heteroatoms. The number of hydrogen-bond donors (Lipinski definition) is 1. The lowest BCUT2D eigenvalue weighted by atomic mass is 10.1. The summed E-state index contributed by atoms with van der Waals surface area (Å²) >= 11 is 0. The predicted octanol–water partition coefficient (Wildman–Crippen LogP) is 5.20. The molecule has 0 unspecified atom stereocenters. The molecule has 0 saturated heterocycles. The third-order valence-electron chi connectivity index (χ3n) is 4.33. The fraction of sp³-hybridized carbons (Fsp3) is 0.130. The van der Waals surface area contributed by atoms with Gasteiger partial charge < -0.3 is 9.47 Å². The maximum atomic E-state index is 13.0. The predicted molar refractivity (Wildman–Crippen MR) is 110 cm³/mol. The summed E-state index contributed by atoms with van der Waals surface area (Å²) in [6.45, 7) is 0.205. The van der Waals surface area contributed by atoms with E-state index >= 15 is 0 Å². The first-order chi connectivity index (χ1) is 15.3. The van der Waals surface area contributed by atoms with Gasteiger partial charge in [-0.1, -0.05) is 18.2 Å². The van der Waals surface area contributed by atoms with Crippen LogP contribution < -0.4 is 14.9 Å². The van der Waals surface area contributed by atoms with Gasteiger partial charge in [0.1, 0.15) is 12.4 Å². The second-order valence-electron chi connectivity index (χ2n) is 6.60. The Kier molecular flexibility index (Phi) is 7.09. The molecule has 0 fully saturated rings. The van der Waals surface area contributed by atoms with Crippen LogP contribution in [0.25, 0.3) is 0 Å². The number of hydrazone groups is 1. The zero-order valence-electron chi connectivity index (χ0n) is 16.8. The van der Waals surface area contributed by atoms with Crippen LogP contribution in [0.15, 0.2) is 71.8 Å². The number of nitrogens with zero attached hydrogens (tertiary/aromatic N) is 1. The highest BCUT2D eigenvalue weighted by molar-refractivity contribution is 5.95. The fourth-order valence-corrected chi connectivity index (χ4v) is 2.69. The second kappa shape index (κ2) is 9.95. The Balaban J connectivity index is 1.63. The SMILES string of the molecule is COc1cc(/C=N\NC(=O)c2cccc(C(F)(F)F)c2)ccc1OCc1ccc(F)cc1. The van der Waals surface area contributed by atoms with Crippen LogP contribution in [0.5, 0.6) is 11.5 Å². The number of nitrogens with one attached hydrogen (secondary N) is 1. The van der Waals surface area contributed by atoms with Crippen LogP contribution in [0.1, 0.15) is 27.0 Å². The number of hydrogen-bond acceptors (Lipinski definition) is 4. The third kappa shape index (κ3) is 6.07. The average Bonchev–Trinajstić information content (AvgIpc) is 2.78. The van der Waals surface area contributed by atoms with Crippen molar-refractivity contribution >= 4 is 12.1 Å². The molecule has 0 saturated carbocycles. The average molecular weight is 446 g/mol. The fourth-order valence-electron chi connectivity index (χ4n) is 2.69. The molecule has 5 nitrogen and oxygen atoms in total. The quantitative estimate of drug-likeness (QED) is 0.309. The highest BCUT2D eigenvalue weighted by atomic mass is 19.4. The van der Waals surface area contributed by atoms with E-state index in [1.165, 1.54) is 31.5 Å². The molecule has 0 aliphatic rings. The molecule has 0 radical (unpaired) electrons. The van der Waals surface area contributed by atoms with Crippen molar-refractivity contribution in [3.63, 3.8) is 0 Å². The standard InChI is InChI=1S/C23H18F4N2O3/c1-31-21-11-16(7-10-20(21)32-14-15-5-8-19(24)9-6-15)13-28-29-22(30)17-3-2-4-18(12-17)23(25,26)27/h2-13H,14H2,1H3,(H,29,30)/b28-13-. The minimum Gasteiger partial charge on any atom is -0.493 e. The van der Waals surface area contributed by atoms with Crippen LogP contribution in [0.2, 0.25) is 0 Å². The monoisotopic (exact) mass is 446 g/mol. The van der Waals surface area contributed by atoms with E-state index in [-0.39, 0.29) is 18.0 Å². The van der Waals surface area contributed by atoms with Gasteiger partial charge in [-0.15, -0.1) is 0 Å². The second-order valence-corrected chi connectivity index (χ2v) is 6.60. The van der Waals surface area contributed by atoms with Crippen molar-refractivity contribution in [3.8, 4) is 11.5 Å². The van der Waals surface area contributed by atoms with Gasteiger partial charge in [0.15, 0.2) is 11.5 Å². The molecule has 32 heavy (non-hydrogen) atoms. The zero-order chi connectivity index (χ0) is 23.1. The largest absolute Gasteiger partial charge is 0.493 e. The Morgan fingerprint density at radius 1 is 1.03 bits per heavy atom. The van der Waals surface area contributed by atoms with Crippen molar-refractivity contribution in [2.24, 2.45) is 5.10 Å². The Bertz CT molecular complexity index is 1110. The van der Waals surface area contributed by atoms with Gasteiger partial charge in [0.25, 0.3) is 5.91 Å². The van der Waals surface area contributed by atoms with Crippen molar-refractivity contribution in [2.75, 3.05) is 7.11 Å². The summed E-state index contributed by atoms with van der Waals surface area (Å²) in [7, 11) is 1.45. The van der Waals surface area contributed by atoms with Crippen LogP contribution in [0.4, 0.5) is 17.6 Å². The number of carbonyl (C=O) groups is 1. The number of carbonyl (C=O) groups excluding carboxylic acids is 1. The van der Waals surface area contributed by atoms with Gasteiger partial charge in [0.2, 0.25) is 0 Å². The van der Waals surface area contributed by atoms with E-state index in [2.05, 4.69) is 10.5 Å². The van der Waals surface area contributed by atoms with Gasteiger partial charge in [-0.2, -0.15) is 18.3 Å². The molecule has 3 rings (SSSR count). The molecule has 0 bridgehead atoms. The van der Waals surface area contributed by atoms with Gasteiger partial charge in [-0.3, -0.25) is 4.79 Å². The van der Waals surface area contributed by atoms with Gasteiger partial charge >= 0.3 is 6.18 Å². The third-order valence-corrected chi connectivity index (χ3v) is 4.33. The molecular formula is C23H18F4N2O3. The van der Waals surface area contributed by atoms with E-state index in [1.807, 2.05) is 0 Å². The molecule has 0 heterocycles. The molecule has 1 amide bonds. The highest BCUT2D eigenvalue weighted by Crippen LogP contribution is 2.30. The number of amides is 1. The van der Waals surface area contributed by atoms with E-state index < -0.39 is 17.6 Å². The van der Waals surface area contributed by atoms with Crippen molar-refractivity contribution < 1.29 is 31.8 Å². The first-order valence-electron chi connectivity index (χ1n) is 9.32. The number of halogens is 4. The Hall–Kier alpha value is -3.88. The zero-order valence-corrected chi connectivity index (χ0v) is 16.8. The van der Waals surface area contributed by atoms with Crippen LogP contribution in [0, 0.1) is 5.82 Å². The Morgan fingerprint density at radius 2 is 1.78 bits per heavy atom. The molecule has 1 N–H and O–H groups in total. The molecule has 0 atom stereocenters. The van der Waals surface area contributed by atoms with Crippen molar-refractivity contribution in [1.29, 1.82) is 0 Å². The maximum absolute atomic E-state index is 13.0. The highest BCUT2D eigenvalue weighted by Gasteiger charge is 2.30. The minimum absolute atomic E-state index is 0.168. The summed E-state index contributed by atoms with van der Waals surface area (Å²) in [4.78, 5) is 12.1.